The van der Waals surface area contributed by atoms with E-state index < -0.39 is 0 Å². The van der Waals surface area contributed by atoms with Crippen LogP contribution >= 0.6 is 11.6 Å². The zero-order chi connectivity index (χ0) is 17.4. The SMILES string of the molecule is CN(C)c1ncc2c(n1)C1(CCN(Cc3ccc(Cl)cc3)C1)COC2. The molecule has 3 heterocycles. The van der Waals surface area contributed by atoms with Gasteiger partial charge in [-0.2, -0.15) is 0 Å². The number of halogens is 1. The van der Waals surface area contributed by atoms with Gasteiger partial charge in [0.2, 0.25) is 5.95 Å². The maximum Gasteiger partial charge on any atom is 0.225 e. The fraction of sp³-hybridized carbons (Fsp3) is 0.474. The minimum atomic E-state index is -0.0201. The Morgan fingerprint density at radius 3 is 2.84 bits per heavy atom. The third-order valence-corrected chi connectivity index (χ3v) is 5.39. The van der Waals surface area contributed by atoms with E-state index in [1.165, 1.54) is 11.3 Å². The first-order chi connectivity index (χ1) is 12.1. The molecule has 2 aliphatic rings. The van der Waals surface area contributed by atoms with Crippen LogP contribution in [0.2, 0.25) is 5.02 Å². The number of hydrogen-bond donors (Lipinski definition) is 0. The number of aromatic nitrogens is 2. The summed E-state index contributed by atoms with van der Waals surface area (Å²) < 4.78 is 5.91. The molecule has 1 saturated heterocycles. The topological polar surface area (TPSA) is 41.5 Å². The average Bonchev–Trinajstić information content (AvgIpc) is 3.00. The average molecular weight is 359 g/mol. The van der Waals surface area contributed by atoms with Gasteiger partial charge in [0.15, 0.2) is 0 Å². The van der Waals surface area contributed by atoms with Crippen LogP contribution in [0.15, 0.2) is 30.5 Å². The summed E-state index contributed by atoms with van der Waals surface area (Å²) in [5, 5.41) is 0.782. The van der Waals surface area contributed by atoms with E-state index in [2.05, 4.69) is 22.0 Å². The van der Waals surface area contributed by atoms with E-state index in [9.17, 15) is 0 Å². The Morgan fingerprint density at radius 2 is 2.08 bits per heavy atom. The number of benzene rings is 1. The number of rotatable bonds is 3. The monoisotopic (exact) mass is 358 g/mol. The van der Waals surface area contributed by atoms with Crippen LogP contribution in [0.25, 0.3) is 0 Å². The Hall–Kier alpha value is -1.69. The van der Waals surface area contributed by atoms with Crippen molar-refractivity contribution < 1.29 is 4.74 Å². The van der Waals surface area contributed by atoms with Gasteiger partial charge in [-0.3, -0.25) is 4.90 Å². The van der Waals surface area contributed by atoms with Gasteiger partial charge < -0.3 is 9.64 Å². The molecular weight excluding hydrogens is 336 g/mol. The molecule has 1 unspecified atom stereocenters. The van der Waals surface area contributed by atoms with Crippen LogP contribution in [0.1, 0.15) is 23.2 Å². The third-order valence-electron chi connectivity index (χ3n) is 5.14. The van der Waals surface area contributed by atoms with Gasteiger partial charge in [-0.1, -0.05) is 23.7 Å². The number of anilines is 1. The Kier molecular flexibility index (Phi) is 4.40. The molecule has 1 spiro atoms. The third kappa shape index (κ3) is 3.24. The number of likely N-dealkylation sites (tertiary alicyclic amines) is 1. The summed E-state index contributed by atoms with van der Waals surface area (Å²) in [7, 11) is 3.96. The largest absolute Gasteiger partial charge is 0.376 e. The molecule has 1 atom stereocenters. The molecule has 0 amide bonds. The van der Waals surface area contributed by atoms with Crippen molar-refractivity contribution in [3.8, 4) is 0 Å². The molecule has 0 saturated carbocycles. The van der Waals surface area contributed by atoms with Crippen LogP contribution in [-0.4, -0.2) is 48.7 Å². The second-order valence-electron chi connectivity index (χ2n) is 7.30. The molecule has 0 bridgehead atoms. The molecule has 6 heteroatoms. The first-order valence-corrected chi connectivity index (χ1v) is 9.02. The van der Waals surface area contributed by atoms with E-state index in [0.717, 1.165) is 49.2 Å². The highest BCUT2D eigenvalue weighted by atomic mass is 35.5. The number of hydrogen-bond acceptors (Lipinski definition) is 5. The van der Waals surface area contributed by atoms with Crippen molar-refractivity contribution in [1.82, 2.24) is 14.9 Å². The van der Waals surface area contributed by atoms with Gasteiger partial charge >= 0.3 is 0 Å². The van der Waals surface area contributed by atoms with E-state index in [0.29, 0.717) is 6.61 Å². The van der Waals surface area contributed by atoms with E-state index in [1.54, 1.807) is 0 Å². The van der Waals surface area contributed by atoms with Crippen LogP contribution in [0.5, 0.6) is 0 Å². The quantitative estimate of drug-likeness (QED) is 0.844. The van der Waals surface area contributed by atoms with Crippen molar-refractivity contribution in [3.63, 3.8) is 0 Å². The molecule has 1 aromatic heterocycles. The van der Waals surface area contributed by atoms with Gasteiger partial charge in [0.25, 0.3) is 0 Å². The van der Waals surface area contributed by atoms with Gasteiger partial charge in [-0.25, -0.2) is 9.97 Å². The molecule has 0 aliphatic carbocycles. The smallest absolute Gasteiger partial charge is 0.225 e. The van der Waals surface area contributed by atoms with E-state index in [1.807, 2.05) is 37.3 Å². The van der Waals surface area contributed by atoms with Crippen molar-refractivity contribution in [3.05, 3.63) is 52.3 Å². The van der Waals surface area contributed by atoms with Crippen molar-refractivity contribution in [1.29, 1.82) is 0 Å². The normalized spacial score (nSPS) is 23.0. The molecule has 2 aromatic rings. The van der Waals surface area contributed by atoms with E-state index in [-0.39, 0.29) is 5.41 Å². The van der Waals surface area contributed by atoms with Gasteiger partial charge in [-0.05, 0) is 30.7 Å². The van der Waals surface area contributed by atoms with E-state index >= 15 is 0 Å². The lowest BCUT2D eigenvalue weighted by molar-refractivity contribution is 0.0503. The van der Waals surface area contributed by atoms with Crippen LogP contribution in [0, 0.1) is 0 Å². The lowest BCUT2D eigenvalue weighted by Crippen LogP contribution is -2.40. The molecular formula is C19H23ClN4O. The lowest BCUT2D eigenvalue weighted by atomic mass is 9.80. The Bertz CT molecular complexity index is 765. The molecule has 132 valence electrons. The van der Waals surface area contributed by atoms with Crippen LogP contribution in [0.3, 0.4) is 0 Å². The predicted molar refractivity (Wildman–Crippen MR) is 99.0 cm³/mol. The van der Waals surface area contributed by atoms with Gasteiger partial charge in [-0.15, -0.1) is 0 Å². The summed E-state index contributed by atoms with van der Waals surface area (Å²) >= 11 is 5.99. The maximum atomic E-state index is 5.99. The van der Waals surface area contributed by atoms with E-state index in [4.69, 9.17) is 21.3 Å². The van der Waals surface area contributed by atoms with Gasteiger partial charge in [0.05, 0.1) is 24.3 Å². The Labute approximate surface area is 153 Å². The first-order valence-electron chi connectivity index (χ1n) is 8.64. The van der Waals surface area contributed by atoms with Crippen molar-refractivity contribution >= 4 is 17.5 Å². The highest BCUT2D eigenvalue weighted by Gasteiger charge is 2.44. The Balaban J connectivity index is 1.58. The fourth-order valence-corrected chi connectivity index (χ4v) is 3.98. The van der Waals surface area contributed by atoms with Gasteiger partial charge in [0.1, 0.15) is 0 Å². The van der Waals surface area contributed by atoms with Crippen LogP contribution in [0.4, 0.5) is 5.95 Å². The zero-order valence-electron chi connectivity index (χ0n) is 14.7. The van der Waals surface area contributed by atoms with Crippen LogP contribution < -0.4 is 4.90 Å². The van der Waals surface area contributed by atoms with Crippen molar-refractivity contribution in [2.24, 2.45) is 0 Å². The fourth-order valence-electron chi connectivity index (χ4n) is 3.85. The minimum absolute atomic E-state index is 0.0201. The Morgan fingerprint density at radius 1 is 1.28 bits per heavy atom. The summed E-state index contributed by atoms with van der Waals surface area (Å²) in [5.74, 6) is 0.774. The second-order valence-corrected chi connectivity index (χ2v) is 7.73. The standard InChI is InChI=1S/C19H23ClN4O/c1-23(2)18-21-9-15-11-25-13-19(17(15)22-18)7-8-24(12-19)10-14-3-5-16(20)6-4-14/h3-6,9H,7-8,10-13H2,1-2H3. The predicted octanol–water partition coefficient (Wildman–Crippen LogP) is 2.87. The molecule has 0 radical (unpaired) electrons. The summed E-state index contributed by atoms with van der Waals surface area (Å²) in [5.41, 5.74) is 3.57. The van der Waals surface area contributed by atoms with Gasteiger partial charge in [0, 0.05) is 44.0 Å². The maximum absolute atomic E-state index is 5.99. The molecule has 4 rings (SSSR count). The highest BCUT2D eigenvalue weighted by molar-refractivity contribution is 6.30. The molecule has 2 aliphatic heterocycles. The lowest BCUT2D eigenvalue weighted by Gasteiger charge is -2.34. The number of fused-ring (bicyclic) bond motifs is 2. The minimum Gasteiger partial charge on any atom is -0.376 e. The van der Waals surface area contributed by atoms with Crippen LogP contribution in [-0.2, 0) is 23.3 Å². The second kappa shape index (κ2) is 6.56. The van der Waals surface area contributed by atoms with Crippen molar-refractivity contribution in [2.75, 3.05) is 38.7 Å². The highest BCUT2D eigenvalue weighted by Crippen LogP contribution is 2.39. The van der Waals surface area contributed by atoms with Crippen molar-refractivity contribution in [2.45, 2.75) is 25.0 Å². The first kappa shape index (κ1) is 16.8. The molecule has 1 fully saturated rings. The number of nitrogens with zero attached hydrogens (tertiary/aromatic N) is 4. The molecule has 5 nitrogen and oxygen atoms in total. The summed E-state index contributed by atoms with van der Waals surface area (Å²) in [4.78, 5) is 13.8. The summed E-state index contributed by atoms with van der Waals surface area (Å²) in [6.07, 6.45) is 3.00. The number of ether oxygens (including phenoxy) is 1. The molecule has 0 N–H and O–H groups in total. The summed E-state index contributed by atoms with van der Waals surface area (Å²) in [6, 6.07) is 8.12. The molecule has 1 aromatic carbocycles. The summed E-state index contributed by atoms with van der Waals surface area (Å²) in [6.45, 7) is 4.29. The zero-order valence-corrected chi connectivity index (χ0v) is 15.5. The molecule has 25 heavy (non-hydrogen) atoms.